The Morgan fingerprint density at radius 1 is 1.60 bits per heavy atom. The molecule has 0 saturated carbocycles. The maximum Gasteiger partial charge on any atom is 0.212 e. The number of aryl methyl sites for hydroxylation is 1. The van der Waals surface area contributed by atoms with Gasteiger partial charge in [-0.15, -0.1) is 11.3 Å². The zero-order valence-corrected chi connectivity index (χ0v) is 10.2. The van der Waals surface area contributed by atoms with E-state index in [-0.39, 0.29) is 12.3 Å². The third-order valence-corrected chi connectivity index (χ3v) is 4.10. The molecule has 1 rings (SSSR count). The minimum absolute atomic E-state index is 0.0772. The van der Waals surface area contributed by atoms with Gasteiger partial charge in [0.1, 0.15) is 5.01 Å². The van der Waals surface area contributed by atoms with Crippen molar-refractivity contribution in [2.75, 3.05) is 12.3 Å². The fourth-order valence-corrected chi connectivity index (χ4v) is 2.85. The van der Waals surface area contributed by atoms with Crippen LogP contribution in [0.1, 0.15) is 17.1 Å². The van der Waals surface area contributed by atoms with Gasteiger partial charge >= 0.3 is 0 Å². The molecule has 1 aromatic rings. The molecule has 3 N–H and O–H groups in total. The molecule has 0 fully saturated rings. The lowest BCUT2D eigenvalue weighted by Crippen LogP contribution is -2.27. The zero-order chi connectivity index (χ0) is 11.3. The molecule has 1 aromatic heterocycles. The highest BCUT2D eigenvalue weighted by Crippen LogP contribution is 2.08. The van der Waals surface area contributed by atoms with Crippen LogP contribution in [-0.4, -0.2) is 25.7 Å². The van der Waals surface area contributed by atoms with Gasteiger partial charge in [0, 0.05) is 11.1 Å². The van der Waals surface area contributed by atoms with Gasteiger partial charge in [0.25, 0.3) is 0 Å². The van der Waals surface area contributed by atoms with E-state index in [9.17, 15) is 8.42 Å². The van der Waals surface area contributed by atoms with Crippen molar-refractivity contribution >= 4 is 21.4 Å². The van der Waals surface area contributed by atoms with E-state index in [1.807, 2.05) is 12.3 Å². The van der Waals surface area contributed by atoms with E-state index < -0.39 is 10.0 Å². The van der Waals surface area contributed by atoms with Crippen molar-refractivity contribution in [3.63, 3.8) is 0 Å². The molecule has 86 valence electrons. The Bertz CT molecular complexity index is 400. The number of aromatic nitrogens is 1. The fourth-order valence-electron chi connectivity index (χ4n) is 1.00. The largest absolute Gasteiger partial charge is 0.330 e. The van der Waals surface area contributed by atoms with Crippen molar-refractivity contribution in [2.45, 2.75) is 19.9 Å². The Kier molecular flexibility index (Phi) is 4.65. The zero-order valence-electron chi connectivity index (χ0n) is 8.56. The second kappa shape index (κ2) is 5.55. The Morgan fingerprint density at radius 2 is 2.33 bits per heavy atom. The summed E-state index contributed by atoms with van der Waals surface area (Å²) in [5.74, 6) is 0.0772. The van der Waals surface area contributed by atoms with Gasteiger partial charge in [-0.05, 0) is 19.9 Å². The van der Waals surface area contributed by atoms with E-state index in [0.29, 0.717) is 13.0 Å². The maximum atomic E-state index is 11.4. The normalized spacial score (nSPS) is 11.9. The summed E-state index contributed by atoms with van der Waals surface area (Å²) in [6.07, 6.45) is 0.478. The number of nitrogens with zero attached hydrogens (tertiary/aromatic N) is 1. The second-order valence-corrected chi connectivity index (χ2v) is 6.03. The van der Waals surface area contributed by atoms with Gasteiger partial charge < -0.3 is 5.73 Å². The first-order valence-electron chi connectivity index (χ1n) is 4.62. The standard InChI is InChI=1S/C8H15N3O2S2/c1-7-6-14-8(11-7)5-10-15(12,13)4-2-3-9/h6,10H,2-5,9H2,1H3. The first-order chi connectivity index (χ1) is 7.03. The monoisotopic (exact) mass is 249 g/mol. The molecule has 0 aliphatic heterocycles. The average Bonchev–Trinajstić information content (AvgIpc) is 2.59. The summed E-state index contributed by atoms with van der Waals surface area (Å²) in [6, 6.07) is 0. The smallest absolute Gasteiger partial charge is 0.212 e. The highest BCUT2D eigenvalue weighted by Gasteiger charge is 2.09. The molecule has 0 aromatic carbocycles. The van der Waals surface area contributed by atoms with E-state index >= 15 is 0 Å². The molecule has 0 saturated heterocycles. The summed E-state index contributed by atoms with van der Waals surface area (Å²) < 4.78 is 25.2. The molecule has 0 unspecified atom stereocenters. The van der Waals surface area contributed by atoms with E-state index in [2.05, 4.69) is 9.71 Å². The van der Waals surface area contributed by atoms with Crippen molar-refractivity contribution in [2.24, 2.45) is 5.73 Å². The topological polar surface area (TPSA) is 85.1 Å². The summed E-state index contributed by atoms with van der Waals surface area (Å²) in [7, 11) is -3.20. The van der Waals surface area contributed by atoms with E-state index in [1.165, 1.54) is 11.3 Å². The Labute approximate surface area is 93.8 Å². The molecule has 0 spiro atoms. The number of sulfonamides is 1. The van der Waals surface area contributed by atoms with Gasteiger partial charge in [-0.25, -0.2) is 18.1 Å². The number of nitrogens with one attached hydrogen (secondary N) is 1. The fraction of sp³-hybridized carbons (Fsp3) is 0.625. The van der Waals surface area contributed by atoms with Gasteiger partial charge in [0.15, 0.2) is 0 Å². The minimum atomic E-state index is -3.20. The average molecular weight is 249 g/mol. The van der Waals surface area contributed by atoms with Crippen molar-refractivity contribution in [1.29, 1.82) is 0 Å². The molecule has 0 aliphatic rings. The summed E-state index contributed by atoms with van der Waals surface area (Å²) >= 11 is 1.45. The molecule has 1 heterocycles. The van der Waals surface area contributed by atoms with Crippen LogP contribution >= 0.6 is 11.3 Å². The minimum Gasteiger partial charge on any atom is -0.330 e. The third-order valence-electron chi connectivity index (χ3n) is 1.73. The van der Waals surface area contributed by atoms with Crippen LogP contribution in [0.25, 0.3) is 0 Å². The van der Waals surface area contributed by atoms with Crippen LogP contribution in [0.4, 0.5) is 0 Å². The lowest BCUT2D eigenvalue weighted by Gasteiger charge is -2.03. The molecule has 5 nitrogen and oxygen atoms in total. The Hall–Kier alpha value is -0.500. The first-order valence-corrected chi connectivity index (χ1v) is 7.15. The highest BCUT2D eigenvalue weighted by molar-refractivity contribution is 7.89. The first kappa shape index (κ1) is 12.6. The van der Waals surface area contributed by atoms with Gasteiger partial charge in [0.05, 0.1) is 12.3 Å². The quantitative estimate of drug-likeness (QED) is 0.755. The van der Waals surface area contributed by atoms with Crippen LogP contribution in [0.3, 0.4) is 0 Å². The van der Waals surface area contributed by atoms with Crippen molar-refractivity contribution in [3.8, 4) is 0 Å². The number of hydrogen-bond acceptors (Lipinski definition) is 5. The molecule has 0 bridgehead atoms. The van der Waals surface area contributed by atoms with Crippen LogP contribution < -0.4 is 10.5 Å². The Morgan fingerprint density at radius 3 is 2.87 bits per heavy atom. The molecular formula is C8H15N3O2S2. The lowest BCUT2D eigenvalue weighted by molar-refractivity contribution is 0.578. The van der Waals surface area contributed by atoms with E-state index in [4.69, 9.17) is 5.73 Å². The van der Waals surface area contributed by atoms with Crippen molar-refractivity contribution in [3.05, 3.63) is 16.1 Å². The van der Waals surface area contributed by atoms with Gasteiger partial charge in [-0.3, -0.25) is 0 Å². The van der Waals surface area contributed by atoms with Crippen molar-refractivity contribution in [1.82, 2.24) is 9.71 Å². The van der Waals surface area contributed by atoms with E-state index in [0.717, 1.165) is 10.7 Å². The maximum absolute atomic E-state index is 11.4. The molecular weight excluding hydrogens is 234 g/mol. The summed E-state index contributed by atoms with van der Waals surface area (Å²) in [6.45, 7) is 2.53. The SMILES string of the molecule is Cc1csc(CNS(=O)(=O)CCCN)n1. The summed E-state index contributed by atoms with van der Waals surface area (Å²) in [5.41, 5.74) is 6.16. The Balaban J connectivity index is 2.42. The van der Waals surface area contributed by atoms with Crippen LogP contribution in [0.2, 0.25) is 0 Å². The number of hydrogen-bond donors (Lipinski definition) is 2. The lowest BCUT2D eigenvalue weighted by atomic mass is 10.5. The molecule has 0 amide bonds. The predicted octanol–water partition coefficient (Wildman–Crippen LogP) is 0.220. The van der Waals surface area contributed by atoms with E-state index in [1.54, 1.807) is 0 Å². The van der Waals surface area contributed by atoms with Gasteiger partial charge in [-0.2, -0.15) is 0 Å². The molecule has 15 heavy (non-hydrogen) atoms. The van der Waals surface area contributed by atoms with Crippen LogP contribution in [0, 0.1) is 6.92 Å². The highest BCUT2D eigenvalue weighted by atomic mass is 32.2. The van der Waals surface area contributed by atoms with Gasteiger partial charge in [-0.1, -0.05) is 0 Å². The predicted molar refractivity (Wildman–Crippen MR) is 61.1 cm³/mol. The van der Waals surface area contributed by atoms with Gasteiger partial charge in [0.2, 0.25) is 10.0 Å². The molecule has 0 aliphatic carbocycles. The molecule has 0 radical (unpaired) electrons. The number of thiazole rings is 1. The van der Waals surface area contributed by atoms with Crippen LogP contribution in [-0.2, 0) is 16.6 Å². The third kappa shape index (κ3) is 4.70. The second-order valence-electron chi connectivity index (χ2n) is 3.16. The summed E-state index contributed by atoms with van der Waals surface area (Å²) in [4.78, 5) is 4.16. The summed E-state index contributed by atoms with van der Waals surface area (Å²) in [5, 5.41) is 2.67. The molecule has 7 heteroatoms. The van der Waals surface area contributed by atoms with Crippen LogP contribution in [0.15, 0.2) is 5.38 Å². The number of rotatable bonds is 6. The van der Waals surface area contributed by atoms with Crippen molar-refractivity contribution < 1.29 is 8.42 Å². The number of nitrogens with two attached hydrogens (primary N) is 1. The molecule has 0 atom stereocenters. The van der Waals surface area contributed by atoms with Crippen LogP contribution in [0.5, 0.6) is 0 Å².